The van der Waals surface area contributed by atoms with Crippen molar-refractivity contribution in [2.75, 3.05) is 18.4 Å². The van der Waals surface area contributed by atoms with Crippen molar-refractivity contribution >= 4 is 17.2 Å². The molecular formula is C20H22FN5O. The predicted molar refractivity (Wildman–Crippen MR) is 101 cm³/mol. The second-order valence-corrected chi connectivity index (χ2v) is 7.30. The van der Waals surface area contributed by atoms with Gasteiger partial charge in [-0.25, -0.2) is 9.37 Å². The Kier molecular flexibility index (Phi) is 4.16. The number of piperidine rings is 1. The molecule has 1 aliphatic heterocycles. The molecular weight excluding hydrogens is 345 g/mol. The highest BCUT2D eigenvalue weighted by atomic mass is 19.1. The summed E-state index contributed by atoms with van der Waals surface area (Å²) in [7, 11) is 0. The summed E-state index contributed by atoms with van der Waals surface area (Å²) in [6, 6.07) is 6.35. The van der Waals surface area contributed by atoms with Gasteiger partial charge in [-0.05, 0) is 50.4 Å². The molecule has 1 aromatic carbocycles. The number of hydrogen-bond donors (Lipinski definition) is 2. The number of nitrogens with one attached hydrogen (secondary N) is 2. The van der Waals surface area contributed by atoms with Gasteiger partial charge >= 0.3 is 0 Å². The summed E-state index contributed by atoms with van der Waals surface area (Å²) in [6.07, 6.45) is 8.44. The normalized spacial score (nSPS) is 20.0. The SMILES string of the molecule is Fc1cccc(Nc2nc(O[C@H]3CCCNC3)cn3c(C4CC4)cnc23)c1. The Morgan fingerprint density at radius 1 is 1.26 bits per heavy atom. The van der Waals surface area contributed by atoms with Gasteiger partial charge in [-0.1, -0.05) is 6.07 Å². The Labute approximate surface area is 156 Å². The van der Waals surface area contributed by atoms with Crippen molar-refractivity contribution in [3.05, 3.63) is 48.2 Å². The van der Waals surface area contributed by atoms with Crippen molar-refractivity contribution in [2.45, 2.75) is 37.7 Å². The van der Waals surface area contributed by atoms with E-state index < -0.39 is 0 Å². The zero-order valence-corrected chi connectivity index (χ0v) is 15.0. The highest BCUT2D eigenvalue weighted by Gasteiger charge is 2.28. The first-order chi connectivity index (χ1) is 13.3. The van der Waals surface area contributed by atoms with Crippen LogP contribution in [0.5, 0.6) is 5.88 Å². The van der Waals surface area contributed by atoms with E-state index in [1.54, 1.807) is 6.07 Å². The molecule has 7 heteroatoms. The van der Waals surface area contributed by atoms with Gasteiger partial charge in [0.1, 0.15) is 11.9 Å². The van der Waals surface area contributed by atoms with Crippen molar-refractivity contribution in [3.8, 4) is 5.88 Å². The maximum Gasteiger partial charge on any atom is 0.233 e. The van der Waals surface area contributed by atoms with E-state index in [1.807, 2.05) is 18.5 Å². The molecule has 2 aromatic heterocycles. The third-order valence-electron chi connectivity index (χ3n) is 5.12. The van der Waals surface area contributed by atoms with Crippen molar-refractivity contribution in [3.63, 3.8) is 0 Å². The zero-order chi connectivity index (χ0) is 18.2. The average Bonchev–Trinajstić information content (AvgIpc) is 3.42. The minimum Gasteiger partial charge on any atom is -0.472 e. The number of anilines is 2. The highest BCUT2D eigenvalue weighted by molar-refractivity contribution is 5.71. The van der Waals surface area contributed by atoms with Crippen LogP contribution in [-0.2, 0) is 0 Å². The number of hydrogen-bond acceptors (Lipinski definition) is 5. The molecule has 3 aromatic rings. The average molecular weight is 367 g/mol. The van der Waals surface area contributed by atoms with E-state index in [-0.39, 0.29) is 11.9 Å². The quantitative estimate of drug-likeness (QED) is 0.721. The Bertz CT molecular complexity index is 962. The fourth-order valence-corrected chi connectivity index (χ4v) is 3.60. The molecule has 6 nitrogen and oxygen atoms in total. The molecule has 0 amide bonds. The van der Waals surface area contributed by atoms with Crippen LogP contribution in [0.1, 0.15) is 37.3 Å². The number of ether oxygens (including phenoxy) is 1. The van der Waals surface area contributed by atoms with Crippen molar-refractivity contribution in [1.29, 1.82) is 0 Å². The zero-order valence-electron chi connectivity index (χ0n) is 15.0. The molecule has 3 heterocycles. The molecule has 2 aliphatic rings. The van der Waals surface area contributed by atoms with Gasteiger partial charge in [0.2, 0.25) is 5.88 Å². The third kappa shape index (κ3) is 3.47. The molecule has 2 fully saturated rings. The van der Waals surface area contributed by atoms with Crippen LogP contribution in [0.3, 0.4) is 0 Å². The van der Waals surface area contributed by atoms with E-state index in [2.05, 4.69) is 25.0 Å². The predicted octanol–water partition coefficient (Wildman–Crippen LogP) is 3.62. The highest BCUT2D eigenvalue weighted by Crippen LogP contribution is 2.41. The van der Waals surface area contributed by atoms with E-state index in [4.69, 9.17) is 4.74 Å². The summed E-state index contributed by atoms with van der Waals surface area (Å²) in [5.41, 5.74) is 2.55. The van der Waals surface area contributed by atoms with Crippen molar-refractivity contribution in [2.24, 2.45) is 0 Å². The molecule has 140 valence electrons. The van der Waals surface area contributed by atoms with Gasteiger partial charge in [-0.2, -0.15) is 4.98 Å². The maximum atomic E-state index is 13.6. The molecule has 5 rings (SSSR count). The van der Waals surface area contributed by atoms with Gasteiger partial charge in [0.05, 0.1) is 6.20 Å². The summed E-state index contributed by atoms with van der Waals surface area (Å²) < 4.78 is 21.8. The number of nitrogens with zero attached hydrogens (tertiary/aromatic N) is 3. The molecule has 0 bridgehead atoms. The summed E-state index contributed by atoms with van der Waals surface area (Å²) in [5.74, 6) is 1.40. The maximum absolute atomic E-state index is 13.6. The topological polar surface area (TPSA) is 63.5 Å². The minimum absolute atomic E-state index is 0.110. The van der Waals surface area contributed by atoms with Gasteiger partial charge in [-0.3, -0.25) is 4.40 Å². The Morgan fingerprint density at radius 2 is 2.19 bits per heavy atom. The van der Waals surface area contributed by atoms with Crippen molar-refractivity contribution in [1.82, 2.24) is 19.7 Å². The van der Waals surface area contributed by atoms with Crippen LogP contribution in [0.4, 0.5) is 15.9 Å². The smallest absolute Gasteiger partial charge is 0.233 e. The number of halogens is 1. The van der Waals surface area contributed by atoms with Gasteiger partial charge in [0, 0.05) is 30.0 Å². The lowest BCUT2D eigenvalue weighted by atomic mass is 10.1. The van der Waals surface area contributed by atoms with E-state index in [0.717, 1.165) is 31.6 Å². The first kappa shape index (κ1) is 16.5. The monoisotopic (exact) mass is 367 g/mol. The number of imidazole rings is 1. The summed E-state index contributed by atoms with van der Waals surface area (Å²) in [4.78, 5) is 9.21. The van der Waals surface area contributed by atoms with E-state index in [0.29, 0.717) is 23.3 Å². The van der Waals surface area contributed by atoms with Crippen LogP contribution in [0.25, 0.3) is 5.65 Å². The number of rotatable bonds is 5. The lowest BCUT2D eigenvalue weighted by Gasteiger charge is -2.23. The molecule has 0 radical (unpaired) electrons. The first-order valence-corrected chi connectivity index (χ1v) is 9.54. The third-order valence-corrected chi connectivity index (χ3v) is 5.12. The van der Waals surface area contributed by atoms with Crippen LogP contribution >= 0.6 is 0 Å². The molecule has 1 saturated carbocycles. The summed E-state index contributed by atoms with van der Waals surface area (Å²) >= 11 is 0. The Balaban J connectivity index is 1.53. The summed E-state index contributed by atoms with van der Waals surface area (Å²) in [5, 5.41) is 6.57. The Morgan fingerprint density at radius 3 is 2.96 bits per heavy atom. The number of aromatic nitrogens is 3. The van der Waals surface area contributed by atoms with E-state index in [9.17, 15) is 4.39 Å². The largest absolute Gasteiger partial charge is 0.472 e. The van der Waals surface area contributed by atoms with Crippen LogP contribution in [0, 0.1) is 5.82 Å². The van der Waals surface area contributed by atoms with Crippen LogP contribution in [0.2, 0.25) is 0 Å². The molecule has 27 heavy (non-hydrogen) atoms. The second kappa shape index (κ2) is 6.81. The second-order valence-electron chi connectivity index (χ2n) is 7.30. The molecule has 1 atom stereocenters. The molecule has 0 unspecified atom stereocenters. The number of benzene rings is 1. The standard InChI is InChI=1S/C20H22FN5O/c21-14-3-1-4-15(9-14)24-19-20-23-11-17(13-6-7-13)26(20)12-18(25-19)27-16-5-2-8-22-10-16/h1,3-4,9,11-13,16,22H,2,5-8,10H2,(H,24,25)/t16-/m0/s1. The fourth-order valence-electron chi connectivity index (χ4n) is 3.60. The molecule has 2 N–H and O–H groups in total. The van der Waals surface area contributed by atoms with Crippen LogP contribution in [0.15, 0.2) is 36.7 Å². The molecule has 1 saturated heterocycles. The van der Waals surface area contributed by atoms with Crippen LogP contribution < -0.4 is 15.4 Å². The molecule has 0 spiro atoms. The van der Waals surface area contributed by atoms with E-state index in [1.165, 1.54) is 30.7 Å². The van der Waals surface area contributed by atoms with Gasteiger partial charge < -0.3 is 15.4 Å². The van der Waals surface area contributed by atoms with Gasteiger partial charge in [0.15, 0.2) is 11.5 Å². The minimum atomic E-state index is -0.293. The summed E-state index contributed by atoms with van der Waals surface area (Å²) in [6.45, 7) is 1.86. The van der Waals surface area contributed by atoms with Gasteiger partial charge in [0.25, 0.3) is 0 Å². The Hall–Kier alpha value is -2.67. The van der Waals surface area contributed by atoms with Crippen LogP contribution in [-0.4, -0.2) is 33.6 Å². The number of fused-ring (bicyclic) bond motifs is 1. The molecule has 1 aliphatic carbocycles. The first-order valence-electron chi connectivity index (χ1n) is 9.54. The fraction of sp³-hybridized carbons (Fsp3) is 0.400. The van der Waals surface area contributed by atoms with E-state index >= 15 is 0 Å². The lowest BCUT2D eigenvalue weighted by molar-refractivity contribution is 0.160. The van der Waals surface area contributed by atoms with Gasteiger partial charge in [-0.15, -0.1) is 0 Å². The lowest BCUT2D eigenvalue weighted by Crippen LogP contribution is -2.37. The van der Waals surface area contributed by atoms with Crippen molar-refractivity contribution < 1.29 is 9.13 Å².